The van der Waals surface area contributed by atoms with Crippen molar-refractivity contribution in [3.05, 3.63) is 52.2 Å². The van der Waals surface area contributed by atoms with Gasteiger partial charge in [-0.05, 0) is 36.1 Å². The zero-order valence-electron chi connectivity index (χ0n) is 10.5. The molecule has 0 unspecified atom stereocenters. The maximum atomic E-state index is 12.0. The van der Waals surface area contributed by atoms with Crippen molar-refractivity contribution in [2.45, 2.75) is 26.1 Å². The van der Waals surface area contributed by atoms with Crippen LogP contribution in [0.25, 0.3) is 0 Å². The highest BCUT2D eigenvalue weighted by atomic mass is 32.1. The molecule has 102 valence electrons. The van der Waals surface area contributed by atoms with E-state index in [1.165, 1.54) is 4.88 Å². The minimum absolute atomic E-state index is 0.185. The first-order valence-corrected chi connectivity index (χ1v) is 6.83. The predicted octanol–water partition coefficient (Wildman–Crippen LogP) is 4.20. The summed E-state index contributed by atoms with van der Waals surface area (Å²) in [5, 5.41) is 5.43. The highest BCUT2D eigenvalue weighted by Gasteiger charge is 2.06. The second-order valence-corrected chi connectivity index (χ2v) is 5.12. The Balaban J connectivity index is 1.86. The van der Waals surface area contributed by atoms with Gasteiger partial charge in [0.25, 0.3) is 0 Å². The third-order valence-corrected chi connectivity index (χ3v) is 3.79. The molecule has 1 aromatic heterocycles. The Labute approximate surface area is 115 Å². The Morgan fingerprint density at radius 1 is 1.21 bits per heavy atom. The fourth-order valence-corrected chi connectivity index (χ4v) is 2.46. The lowest BCUT2D eigenvalue weighted by atomic mass is 10.2. The highest BCUT2D eigenvalue weighted by molar-refractivity contribution is 7.10. The van der Waals surface area contributed by atoms with Gasteiger partial charge in [-0.3, -0.25) is 0 Å². The molecule has 0 saturated heterocycles. The van der Waals surface area contributed by atoms with Crippen LogP contribution < -0.4 is 10.1 Å². The average molecular weight is 283 g/mol. The van der Waals surface area contributed by atoms with Crippen LogP contribution >= 0.6 is 11.3 Å². The van der Waals surface area contributed by atoms with Gasteiger partial charge in [0.1, 0.15) is 5.75 Å². The lowest BCUT2D eigenvalue weighted by Gasteiger charge is -2.12. The van der Waals surface area contributed by atoms with Gasteiger partial charge < -0.3 is 10.1 Å². The van der Waals surface area contributed by atoms with Gasteiger partial charge in [-0.2, -0.15) is 8.78 Å². The molecule has 0 bridgehead atoms. The Morgan fingerprint density at radius 3 is 2.53 bits per heavy atom. The summed E-state index contributed by atoms with van der Waals surface area (Å²) in [6.07, 6.45) is 0. The first-order chi connectivity index (χ1) is 9.15. The summed E-state index contributed by atoms with van der Waals surface area (Å²) in [6.45, 7) is 0.0107. The monoisotopic (exact) mass is 283 g/mol. The standard InChI is InChI=1S/C14H15F2NOS/c1-10(13-3-2-8-19-13)17-9-11-4-6-12(7-5-11)18-14(15)16/h2-8,10,14,17H,9H2,1H3/t10-/m1/s1. The molecular formula is C14H15F2NOS. The van der Waals surface area contributed by atoms with Crippen molar-refractivity contribution >= 4 is 11.3 Å². The summed E-state index contributed by atoms with van der Waals surface area (Å²) >= 11 is 1.71. The van der Waals surface area contributed by atoms with Gasteiger partial charge in [-0.25, -0.2) is 0 Å². The number of alkyl halides is 2. The van der Waals surface area contributed by atoms with Crippen LogP contribution in [0.4, 0.5) is 8.78 Å². The van der Waals surface area contributed by atoms with Gasteiger partial charge in [0, 0.05) is 17.5 Å². The number of hydrogen-bond acceptors (Lipinski definition) is 3. The van der Waals surface area contributed by atoms with E-state index in [4.69, 9.17) is 0 Å². The van der Waals surface area contributed by atoms with Crippen LogP contribution in [0, 0.1) is 0 Å². The summed E-state index contributed by atoms with van der Waals surface area (Å²) in [4.78, 5) is 1.28. The molecule has 0 aliphatic carbocycles. The summed E-state index contributed by atoms with van der Waals surface area (Å²) < 4.78 is 28.3. The first kappa shape index (κ1) is 14.0. The second kappa shape index (κ2) is 6.63. The van der Waals surface area contributed by atoms with E-state index in [-0.39, 0.29) is 11.8 Å². The van der Waals surface area contributed by atoms with Crippen LogP contribution in [-0.2, 0) is 6.54 Å². The number of nitrogens with one attached hydrogen (secondary N) is 1. The van der Waals surface area contributed by atoms with Crippen LogP contribution in [0.2, 0.25) is 0 Å². The van der Waals surface area contributed by atoms with Gasteiger partial charge in [0.15, 0.2) is 0 Å². The summed E-state index contributed by atoms with van der Waals surface area (Å²) in [6, 6.07) is 11.1. The Kier molecular flexibility index (Phi) is 4.87. The normalized spacial score (nSPS) is 12.6. The molecule has 2 aromatic rings. The maximum absolute atomic E-state index is 12.0. The van der Waals surface area contributed by atoms with Crippen molar-refractivity contribution in [3.8, 4) is 5.75 Å². The molecule has 0 spiro atoms. The fourth-order valence-electron chi connectivity index (χ4n) is 1.70. The van der Waals surface area contributed by atoms with Crippen molar-refractivity contribution in [2.24, 2.45) is 0 Å². The van der Waals surface area contributed by atoms with Crippen LogP contribution in [0.5, 0.6) is 5.75 Å². The van der Waals surface area contributed by atoms with Gasteiger partial charge in [-0.1, -0.05) is 18.2 Å². The summed E-state index contributed by atoms with van der Waals surface area (Å²) in [5.74, 6) is 0.185. The Hall–Kier alpha value is -1.46. The lowest BCUT2D eigenvalue weighted by molar-refractivity contribution is -0.0498. The topological polar surface area (TPSA) is 21.3 Å². The smallest absolute Gasteiger partial charge is 0.387 e. The molecule has 2 nitrogen and oxygen atoms in total. The predicted molar refractivity (Wildman–Crippen MR) is 72.6 cm³/mol. The number of benzene rings is 1. The Morgan fingerprint density at radius 2 is 1.95 bits per heavy atom. The maximum Gasteiger partial charge on any atom is 0.387 e. The minimum atomic E-state index is -2.78. The van der Waals surface area contributed by atoms with E-state index in [9.17, 15) is 8.78 Å². The van der Waals surface area contributed by atoms with Crippen molar-refractivity contribution in [1.82, 2.24) is 5.32 Å². The molecule has 0 radical (unpaired) electrons. The van der Waals surface area contributed by atoms with Gasteiger partial charge >= 0.3 is 6.61 Å². The zero-order chi connectivity index (χ0) is 13.7. The number of hydrogen-bond donors (Lipinski definition) is 1. The average Bonchev–Trinajstić information content (AvgIpc) is 2.91. The summed E-state index contributed by atoms with van der Waals surface area (Å²) in [5.41, 5.74) is 1.03. The van der Waals surface area contributed by atoms with Gasteiger partial charge in [-0.15, -0.1) is 11.3 Å². The van der Waals surface area contributed by atoms with E-state index in [1.54, 1.807) is 35.6 Å². The molecule has 1 N–H and O–H groups in total. The molecule has 0 aliphatic rings. The summed E-state index contributed by atoms with van der Waals surface area (Å²) in [7, 11) is 0. The molecule has 0 saturated carbocycles. The minimum Gasteiger partial charge on any atom is -0.435 e. The second-order valence-electron chi connectivity index (χ2n) is 4.14. The van der Waals surface area contributed by atoms with Crippen molar-refractivity contribution in [2.75, 3.05) is 0 Å². The highest BCUT2D eigenvalue weighted by Crippen LogP contribution is 2.19. The van der Waals surface area contributed by atoms with E-state index in [0.717, 1.165) is 5.56 Å². The lowest BCUT2D eigenvalue weighted by Crippen LogP contribution is -2.17. The number of thiophene rings is 1. The van der Waals surface area contributed by atoms with Crippen LogP contribution in [-0.4, -0.2) is 6.61 Å². The Bertz CT molecular complexity index is 485. The third-order valence-electron chi connectivity index (χ3n) is 2.73. The van der Waals surface area contributed by atoms with E-state index in [2.05, 4.69) is 23.0 Å². The molecule has 2 rings (SSSR count). The largest absolute Gasteiger partial charge is 0.435 e. The van der Waals surface area contributed by atoms with Crippen molar-refractivity contribution in [3.63, 3.8) is 0 Å². The zero-order valence-corrected chi connectivity index (χ0v) is 11.3. The molecule has 1 heterocycles. The van der Waals surface area contributed by atoms with Gasteiger partial charge in [0.05, 0.1) is 0 Å². The van der Waals surface area contributed by atoms with Crippen LogP contribution in [0.1, 0.15) is 23.4 Å². The third kappa shape index (κ3) is 4.29. The number of halogens is 2. The van der Waals surface area contributed by atoms with E-state index in [1.807, 2.05) is 11.4 Å². The molecule has 5 heteroatoms. The fraction of sp³-hybridized carbons (Fsp3) is 0.286. The molecule has 1 aromatic carbocycles. The number of ether oxygens (including phenoxy) is 1. The SMILES string of the molecule is C[C@@H](NCc1ccc(OC(F)F)cc1)c1cccs1. The van der Waals surface area contributed by atoms with E-state index >= 15 is 0 Å². The van der Waals surface area contributed by atoms with Crippen LogP contribution in [0.15, 0.2) is 41.8 Å². The molecule has 19 heavy (non-hydrogen) atoms. The molecule has 0 amide bonds. The molecule has 0 fully saturated rings. The van der Waals surface area contributed by atoms with Crippen molar-refractivity contribution in [1.29, 1.82) is 0 Å². The first-order valence-electron chi connectivity index (χ1n) is 5.95. The molecule has 0 aliphatic heterocycles. The van der Waals surface area contributed by atoms with E-state index in [0.29, 0.717) is 6.54 Å². The molecular weight excluding hydrogens is 268 g/mol. The number of rotatable bonds is 6. The molecule has 1 atom stereocenters. The van der Waals surface area contributed by atoms with Crippen molar-refractivity contribution < 1.29 is 13.5 Å². The van der Waals surface area contributed by atoms with E-state index < -0.39 is 6.61 Å². The quantitative estimate of drug-likeness (QED) is 0.858. The van der Waals surface area contributed by atoms with Crippen LogP contribution in [0.3, 0.4) is 0 Å². The van der Waals surface area contributed by atoms with Gasteiger partial charge in [0.2, 0.25) is 0 Å².